The van der Waals surface area contributed by atoms with Crippen LogP contribution in [0.3, 0.4) is 0 Å². The first-order valence-corrected chi connectivity index (χ1v) is 4.18. The van der Waals surface area contributed by atoms with Gasteiger partial charge in [0.25, 0.3) is 0 Å². The highest BCUT2D eigenvalue weighted by Crippen LogP contribution is 2.11. The van der Waals surface area contributed by atoms with E-state index in [-0.39, 0.29) is 18.2 Å². The second-order valence-electron chi connectivity index (χ2n) is 3.82. The van der Waals surface area contributed by atoms with Gasteiger partial charge in [-0.15, -0.1) is 0 Å². The van der Waals surface area contributed by atoms with Crippen LogP contribution in [0.4, 0.5) is 0 Å². The van der Waals surface area contributed by atoms with Crippen molar-refractivity contribution in [1.82, 2.24) is 5.32 Å². The third kappa shape index (κ3) is 4.11. The van der Waals surface area contributed by atoms with Gasteiger partial charge in [-0.1, -0.05) is 27.7 Å². The van der Waals surface area contributed by atoms with Crippen LogP contribution in [-0.4, -0.2) is 18.2 Å². The van der Waals surface area contributed by atoms with Crippen molar-refractivity contribution in [2.24, 2.45) is 5.41 Å². The van der Waals surface area contributed by atoms with Gasteiger partial charge in [0.2, 0.25) is 5.91 Å². The lowest BCUT2D eigenvalue weighted by molar-refractivity contribution is -0.130. The van der Waals surface area contributed by atoms with Crippen LogP contribution in [0.25, 0.3) is 0 Å². The molecule has 0 aliphatic rings. The number of hydrogen-bond donors (Lipinski definition) is 1. The highest BCUT2D eigenvalue weighted by molar-refractivity contribution is 5.87. The summed E-state index contributed by atoms with van der Waals surface area (Å²) >= 11 is 0. The summed E-state index contributed by atoms with van der Waals surface area (Å²) in [7, 11) is 0. The van der Waals surface area contributed by atoms with Crippen molar-refractivity contribution in [2.75, 3.05) is 6.54 Å². The van der Waals surface area contributed by atoms with Crippen molar-refractivity contribution < 1.29 is 9.59 Å². The molecule has 0 aromatic heterocycles. The molecule has 0 atom stereocenters. The number of carbonyl (C=O) groups excluding carboxylic acids is 2. The maximum absolute atomic E-state index is 11.2. The van der Waals surface area contributed by atoms with Gasteiger partial charge in [-0.05, 0) is 0 Å². The summed E-state index contributed by atoms with van der Waals surface area (Å²) in [4.78, 5) is 22.1. The van der Waals surface area contributed by atoms with Crippen LogP contribution in [0.5, 0.6) is 0 Å². The van der Waals surface area contributed by atoms with Gasteiger partial charge in [0.15, 0.2) is 5.78 Å². The summed E-state index contributed by atoms with van der Waals surface area (Å²) in [6.45, 7) is 7.40. The van der Waals surface area contributed by atoms with Gasteiger partial charge in [-0.25, -0.2) is 0 Å². The molecule has 0 aliphatic carbocycles. The topological polar surface area (TPSA) is 46.2 Å². The fourth-order valence-electron chi connectivity index (χ4n) is 0.569. The summed E-state index contributed by atoms with van der Waals surface area (Å²) in [6.07, 6.45) is 0.477. The Morgan fingerprint density at radius 3 is 2.08 bits per heavy atom. The molecule has 70 valence electrons. The van der Waals surface area contributed by atoms with E-state index in [1.807, 2.05) is 20.8 Å². The van der Waals surface area contributed by atoms with E-state index in [2.05, 4.69) is 5.32 Å². The summed E-state index contributed by atoms with van der Waals surface area (Å²) in [5.41, 5.74) is -0.409. The van der Waals surface area contributed by atoms with Crippen LogP contribution in [0.1, 0.15) is 34.1 Å². The molecule has 0 saturated carbocycles. The number of amides is 1. The predicted octanol–water partition coefficient (Wildman–Crippen LogP) is 1.13. The molecular formula is C9H17NO2. The normalized spacial score (nSPS) is 11.0. The third-order valence-electron chi connectivity index (χ3n) is 1.52. The first kappa shape index (κ1) is 11.1. The third-order valence-corrected chi connectivity index (χ3v) is 1.52. The van der Waals surface area contributed by atoms with Gasteiger partial charge in [0.05, 0.1) is 6.54 Å². The van der Waals surface area contributed by atoms with Crippen LogP contribution in [-0.2, 0) is 9.59 Å². The molecule has 0 fully saturated rings. The van der Waals surface area contributed by atoms with E-state index in [0.717, 1.165) is 0 Å². The Balaban J connectivity index is 3.81. The molecule has 1 N–H and O–H groups in total. The number of rotatable bonds is 3. The Labute approximate surface area is 73.5 Å². The smallest absolute Gasteiger partial charge is 0.225 e. The van der Waals surface area contributed by atoms with E-state index in [4.69, 9.17) is 0 Å². The quantitative estimate of drug-likeness (QED) is 0.691. The molecule has 3 heteroatoms. The van der Waals surface area contributed by atoms with E-state index in [0.29, 0.717) is 6.42 Å². The fraction of sp³-hybridized carbons (Fsp3) is 0.778. The second kappa shape index (κ2) is 4.24. The van der Waals surface area contributed by atoms with Gasteiger partial charge < -0.3 is 5.32 Å². The molecule has 0 aromatic rings. The largest absolute Gasteiger partial charge is 0.349 e. The molecule has 0 saturated heterocycles. The molecule has 0 rings (SSSR count). The van der Waals surface area contributed by atoms with E-state index in [1.54, 1.807) is 6.92 Å². The minimum atomic E-state index is -0.409. The van der Waals surface area contributed by atoms with Gasteiger partial charge in [0, 0.05) is 11.8 Å². The SMILES string of the molecule is CCC(=O)CNC(=O)C(C)(C)C. The van der Waals surface area contributed by atoms with Crippen molar-refractivity contribution >= 4 is 11.7 Å². The summed E-state index contributed by atoms with van der Waals surface area (Å²) in [6, 6.07) is 0. The van der Waals surface area contributed by atoms with E-state index < -0.39 is 5.41 Å². The maximum atomic E-state index is 11.2. The highest BCUT2D eigenvalue weighted by Gasteiger charge is 2.20. The van der Waals surface area contributed by atoms with Gasteiger partial charge in [-0.3, -0.25) is 9.59 Å². The lowest BCUT2D eigenvalue weighted by atomic mass is 9.96. The van der Waals surface area contributed by atoms with Crippen LogP contribution in [0.2, 0.25) is 0 Å². The minimum absolute atomic E-state index is 0.0626. The zero-order valence-electron chi connectivity index (χ0n) is 8.23. The minimum Gasteiger partial charge on any atom is -0.349 e. The van der Waals surface area contributed by atoms with Crippen LogP contribution in [0.15, 0.2) is 0 Å². The molecule has 0 aliphatic heterocycles. The first-order valence-electron chi connectivity index (χ1n) is 4.18. The fourth-order valence-corrected chi connectivity index (χ4v) is 0.569. The Kier molecular flexibility index (Phi) is 3.93. The van der Waals surface area contributed by atoms with Crippen molar-refractivity contribution in [3.8, 4) is 0 Å². The average Bonchev–Trinajstić information content (AvgIpc) is 1.97. The van der Waals surface area contributed by atoms with Crippen LogP contribution in [0, 0.1) is 5.41 Å². The number of ketones is 1. The van der Waals surface area contributed by atoms with E-state index >= 15 is 0 Å². The van der Waals surface area contributed by atoms with Crippen molar-refractivity contribution in [1.29, 1.82) is 0 Å². The highest BCUT2D eigenvalue weighted by atomic mass is 16.2. The molecule has 0 aromatic carbocycles. The molecule has 3 nitrogen and oxygen atoms in total. The van der Waals surface area contributed by atoms with Crippen LogP contribution < -0.4 is 5.32 Å². The Morgan fingerprint density at radius 2 is 1.75 bits per heavy atom. The number of nitrogens with one attached hydrogen (secondary N) is 1. The lowest BCUT2D eigenvalue weighted by Gasteiger charge is -2.16. The molecule has 0 unspecified atom stereocenters. The Morgan fingerprint density at radius 1 is 1.25 bits per heavy atom. The van der Waals surface area contributed by atoms with Crippen molar-refractivity contribution in [3.63, 3.8) is 0 Å². The lowest BCUT2D eigenvalue weighted by Crippen LogP contribution is -2.37. The first-order chi connectivity index (χ1) is 5.38. The number of Topliss-reactive ketones (excluding diaryl/α,β-unsaturated/α-hetero) is 1. The molecule has 0 bridgehead atoms. The second-order valence-corrected chi connectivity index (χ2v) is 3.82. The van der Waals surface area contributed by atoms with Gasteiger partial charge in [-0.2, -0.15) is 0 Å². The predicted molar refractivity (Wildman–Crippen MR) is 47.8 cm³/mol. The summed E-state index contributed by atoms with van der Waals surface area (Å²) in [5.74, 6) is -0.0168. The molecule has 1 amide bonds. The monoisotopic (exact) mass is 171 g/mol. The average molecular weight is 171 g/mol. The zero-order chi connectivity index (χ0) is 9.78. The Bertz CT molecular complexity index is 179. The molecule has 0 spiro atoms. The van der Waals surface area contributed by atoms with Gasteiger partial charge in [0.1, 0.15) is 0 Å². The summed E-state index contributed by atoms with van der Waals surface area (Å²) in [5, 5.41) is 2.58. The Hall–Kier alpha value is -0.860. The molecular weight excluding hydrogens is 154 g/mol. The molecule has 0 heterocycles. The van der Waals surface area contributed by atoms with Crippen molar-refractivity contribution in [3.05, 3.63) is 0 Å². The zero-order valence-corrected chi connectivity index (χ0v) is 8.23. The van der Waals surface area contributed by atoms with E-state index in [1.165, 1.54) is 0 Å². The summed E-state index contributed by atoms with van der Waals surface area (Å²) < 4.78 is 0. The van der Waals surface area contributed by atoms with Gasteiger partial charge >= 0.3 is 0 Å². The van der Waals surface area contributed by atoms with E-state index in [9.17, 15) is 9.59 Å². The standard InChI is InChI=1S/C9H17NO2/c1-5-7(11)6-10-8(12)9(2,3)4/h5-6H2,1-4H3,(H,10,12). The van der Waals surface area contributed by atoms with Crippen LogP contribution >= 0.6 is 0 Å². The molecule has 12 heavy (non-hydrogen) atoms. The van der Waals surface area contributed by atoms with Crippen molar-refractivity contribution in [2.45, 2.75) is 34.1 Å². The number of carbonyl (C=O) groups is 2. The maximum Gasteiger partial charge on any atom is 0.225 e. The number of hydrogen-bond acceptors (Lipinski definition) is 2. The molecule has 0 radical (unpaired) electrons.